The van der Waals surface area contributed by atoms with Gasteiger partial charge in [0.15, 0.2) is 0 Å². The van der Waals surface area contributed by atoms with Crippen LogP contribution in [-0.4, -0.2) is 69.3 Å². The number of carbonyl (C=O) groups is 2. The molecule has 0 saturated heterocycles. The molecule has 3 rings (SSSR count). The van der Waals surface area contributed by atoms with E-state index in [1.165, 1.54) is 31.4 Å². The quantitative estimate of drug-likeness (QED) is 0.289. The van der Waals surface area contributed by atoms with Gasteiger partial charge in [0.25, 0.3) is 17.5 Å². The monoisotopic (exact) mass is 455 g/mol. The fraction of sp³-hybridized carbons (Fsp3) is 0.304. The minimum atomic E-state index is -0.548. The fourth-order valence-corrected chi connectivity index (χ4v) is 3.59. The van der Waals surface area contributed by atoms with E-state index in [1.54, 1.807) is 43.4 Å². The van der Waals surface area contributed by atoms with Gasteiger partial charge in [0, 0.05) is 39.4 Å². The first-order chi connectivity index (χ1) is 15.9. The van der Waals surface area contributed by atoms with Gasteiger partial charge in [-0.2, -0.15) is 0 Å². The Hall–Kier alpha value is -3.76. The predicted octanol–water partition coefficient (Wildman–Crippen LogP) is 2.48. The van der Waals surface area contributed by atoms with Crippen molar-refractivity contribution in [3.8, 4) is 5.75 Å². The molecule has 2 amide bonds. The molecule has 0 spiro atoms. The molecule has 0 aliphatic carbocycles. The molecule has 174 valence electrons. The van der Waals surface area contributed by atoms with Crippen LogP contribution in [-0.2, 0) is 19.1 Å². The highest BCUT2D eigenvalue weighted by atomic mass is 16.6. The van der Waals surface area contributed by atoms with E-state index in [-0.39, 0.29) is 17.0 Å². The zero-order valence-corrected chi connectivity index (χ0v) is 18.6. The van der Waals surface area contributed by atoms with Crippen LogP contribution in [0.25, 0.3) is 5.57 Å². The van der Waals surface area contributed by atoms with Crippen molar-refractivity contribution in [3.63, 3.8) is 0 Å². The normalized spacial score (nSPS) is 13.6. The molecule has 0 fully saturated rings. The van der Waals surface area contributed by atoms with Crippen LogP contribution in [0.5, 0.6) is 5.75 Å². The van der Waals surface area contributed by atoms with E-state index in [0.717, 1.165) is 4.90 Å². The molecule has 0 unspecified atom stereocenters. The molecule has 1 heterocycles. The van der Waals surface area contributed by atoms with Gasteiger partial charge < -0.3 is 19.1 Å². The predicted molar refractivity (Wildman–Crippen MR) is 121 cm³/mol. The third-order valence-electron chi connectivity index (χ3n) is 5.20. The summed E-state index contributed by atoms with van der Waals surface area (Å²) in [6.07, 6.45) is 0. The van der Waals surface area contributed by atoms with Gasteiger partial charge in [-0.3, -0.25) is 19.7 Å². The molecule has 1 aliphatic heterocycles. The number of amides is 2. The maximum Gasteiger partial charge on any atom is 0.282 e. The van der Waals surface area contributed by atoms with Crippen molar-refractivity contribution in [1.29, 1.82) is 0 Å². The number of hydrogen-bond acceptors (Lipinski definition) is 8. The molecule has 0 radical (unpaired) electrons. The van der Waals surface area contributed by atoms with Crippen LogP contribution < -0.4 is 9.64 Å². The van der Waals surface area contributed by atoms with Crippen LogP contribution in [0.2, 0.25) is 0 Å². The molecule has 2 aromatic carbocycles. The first-order valence-corrected chi connectivity index (χ1v) is 10.2. The lowest BCUT2D eigenvalue weighted by Gasteiger charge is -2.26. The lowest BCUT2D eigenvalue weighted by molar-refractivity contribution is -0.384. The first-order valence-electron chi connectivity index (χ1n) is 10.2. The van der Waals surface area contributed by atoms with E-state index >= 15 is 0 Å². The second-order valence-corrected chi connectivity index (χ2v) is 7.12. The summed E-state index contributed by atoms with van der Waals surface area (Å²) in [4.78, 5) is 40.7. The Balaban J connectivity index is 2.16. The SMILES string of the molecule is COCCN(CCOC)C1=C(c2ccc([N+](=O)[O-])cc2)C(=O)N(c2ccccc2OC)C1=O. The molecule has 0 aromatic heterocycles. The molecule has 2 aromatic rings. The van der Waals surface area contributed by atoms with E-state index in [9.17, 15) is 19.7 Å². The number of rotatable bonds is 11. The molecule has 0 saturated carbocycles. The third kappa shape index (κ3) is 4.86. The first kappa shape index (κ1) is 23.9. The van der Waals surface area contributed by atoms with Crippen LogP contribution in [0.4, 0.5) is 11.4 Å². The van der Waals surface area contributed by atoms with Gasteiger partial charge in [0.1, 0.15) is 11.4 Å². The third-order valence-corrected chi connectivity index (χ3v) is 5.20. The summed E-state index contributed by atoms with van der Waals surface area (Å²) in [5.41, 5.74) is 0.908. The van der Waals surface area contributed by atoms with Crippen LogP contribution in [0.15, 0.2) is 54.2 Å². The lowest BCUT2D eigenvalue weighted by Crippen LogP contribution is -2.37. The number of ether oxygens (including phenoxy) is 3. The summed E-state index contributed by atoms with van der Waals surface area (Å²) in [5, 5.41) is 11.1. The Morgan fingerprint density at radius 2 is 1.52 bits per heavy atom. The number of nitro groups is 1. The zero-order chi connectivity index (χ0) is 24.0. The molecule has 10 nitrogen and oxygen atoms in total. The summed E-state index contributed by atoms with van der Waals surface area (Å²) >= 11 is 0. The minimum Gasteiger partial charge on any atom is -0.495 e. The minimum absolute atomic E-state index is 0.116. The number of imide groups is 1. The Morgan fingerprint density at radius 1 is 0.909 bits per heavy atom. The molecule has 0 atom stereocenters. The largest absolute Gasteiger partial charge is 0.495 e. The van der Waals surface area contributed by atoms with Gasteiger partial charge in [-0.25, -0.2) is 4.90 Å². The van der Waals surface area contributed by atoms with Gasteiger partial charge in [0.2, 0.25) is 0 Å². The molecule has 1 aliphatic rings. The summed E-state index contributed by atoms with van der Waals surface area (Å²) in [5.74, 6) is -0.706. The topological polar surface area (TPSA) is 111 Å². The second-order valence-electron chi connectivity index (χ2n) is 7.12. The van der Waals surface area contributed by atoms with Crippen molar-refractivity contribution in [2.45, 2.75) is 0 Å². The van der Waals surface area contributed by atoms with Crippen molar-refractivity contribution in [2.75, 3.05) is 52.5 Å². The van der Waals surface area contributed by atoms with Gasteiger partial charge in [-0.15, -0.1) is 0 Å². The smallest absolute Gasteiger partial charge is 0.282 e. The van der Waals surface area contributed by atoms with Crippen molar-refractivity contribution < 1.29 is 28.7 Å². The van der Waals surface area contributed by atoms with E-state index in [1.807, 2.05) is 0 Å². The second kappa shape index (κ2) is 10.7. The van der Waals surface area contributed by atoms with Gasteiger partial charge in [-0.05, 0) is 29.8 Å². The molecule has 0 N–H and O–H groups in total. The number of nitro benzene ring substituents is 1. The van der Waals surface area contributed by atoms with E-state index in [2.05, 4.69) is 0 Å². The van der Waals surface area contributed by atoms with E-state index < -0.39 is 16.7 Å². The lowest BCUT2D eigenvalue weighted by atomic mass is 10.0. The highest BCUT2D eigenvalue weighted by molar-refractivity contribution is 6.45. The highest BCUT2D eigenvalue weighted by Gasteiger charge is 2.43. The summed E-state index contributed by atoms with van der Waals surface area (Å²) in [6.45, 7) is 1.31. The Morgan fingerprint density at radius 3 is 2.06 bits per heavy atom. The standard InChI is InChI=1S/C23H25N3O7/c1-31-14-12-24(13-15-32-2)21-20(16-8-10-17(11-9-16)26(29)30)22(27)25(23(21)28)18-6-4-5-7-19(18)33-3/h4-11H,12-15H2,1-3H3. The highest BCUT2D eigenvalue weighted by Crippen LogP contribution is 2.38. The van der Waals surface area contributed by atoms with Crippen LogP contribution in [0, 0.1) is 10.1 Å². The van der Waals surface area contributed by atoms with Crippen molar-refractivity contribution >= 4 is 28.8 Å². The Kier molecular flexibility index (Phi) is 7.75. The molecule has 33 heavy (non-hydrogen) atoms. The maximum absolute atomic E-state index is 13.7. The summed E-state index contributed by atoms with van der Waals surface area (Å²) in [6, 6.07) is 12.3. The average Bonchev–Trinajstić information content (AvgIpc) is 3.08. The Labute approximate surface area is 191 Å². The Bertz CT molecular complexity index is 1060. The van der Waals surface area contributed by atoms with E-state index in [0.29, 0.717) is 43.3 Å². The zero-order valence-electron chi connectivity index (χ0n) is 18.6. The summed E-state index contributed by atoms with van der Waals surface area (Å²) < 4.78 is 15.8. The molecule has 10 heteroatoms. The number of para-hydroxylation sites is 2. The van der Waals surface area contributed by atoms with Gasteiger partial charge in [0.05, 0.1) is 36.5 Å². The number of anilines is 1. The van der Waals surface area contributed by atoms with Crippen molar-refractivity contribution in [1.82, 2.24) is 4.90 Å². The summed E-state index contributed by atoms with van der Waals surface area (Å²) in [7, 11) is 4.55. The van der Waals surface area contributed by atoms with Crippen molar-refractivity contribution in [2.24, 2.45) is 0 Å². The van der Waals surface area contributed by atoms with Crippen LogP contribution in [0.3, 0.4) is 0 Å². The number of non-ortho nitro benzene ring substituents is 1. The average molecular weight is 455 g/mol. The number of hydrogen-bond donors (Lipinski definition) is 0. The van der Waals surface area contributed by atoms with Crippen LogP contribution >= 0.6 is 0 Å². The molecule has 0 bridgehead atoms. The molecular formula is C23H25N3O7. The van der Waals surface area contributed by atoms with E-state index in [4.69, 9.17) is 14.2 Å². The fourth-order valence-electron chi connectivity index (χ4n) is 3.59. The number of methoxy groups -OCH3 is 3. The number of carbonyl (C=O) groups excluding carboxylic acids is 2. The van der Waals surface area contributed by atoms with Gasteiger partial charge >= 0.3 is 0 Å². The van der Waals surface area contributed by atoms with Gasteiger partial charge in [-0.1, -0.05) is 12.1 Å². The van der Waals surface area contributed by atoms with Crippen LogP contribution in [0.1, 0.15) is 5.56 Å². The number of nitrogens with zero attached hydrogens (tertiary/aromatic N) is 3. The number of benzene rings is 2. The molecular weight excluding hydrogens is 430 g/mol. The van der Waals surface area contributed by atoms with Crippen molar-refractivity contribution in [3.05, 3.63) is 69.9 Å². The maximum atomic E-state index is 13.7.